The Morgan fingerprint density at radius 2 is 1.42 bits per heavy atom. The van der Waals surface area contributed by atoms with Gasteiger partial charge in [0, 0.05) is 16.9 Å². The molecule has 33 heavy (non-hydrogen) atoms. The first-order valence-electron chi connectivity index (χ1n) is 9.93. The second-order valence-corrected chi connectivity index (χ2v) is 8.76. The first-order chi connectivity index (χ1) is 15.8. The number of hydrazine groups is 1. The lowest BCUT2D eigenvalue weighted by Crippen LogP contribution is -2.44. The molecular weight excluding hydrogens is 444 g/mol. The molecule has 2 amide bonds. The summed E-state index contributed by atoms with van der Waals surface area (Å²) in [6, 6.07) is 19.3. The zero-order chi connectivity index (χ0) is 23.8. The van der Waals surface area contributed by atoms with Gasteiger partial charge in [-0.2, -0.15) is 0 Å². The molecule has 3 aromatic carbocycles. The summed E-state index contributed by atoms with van der Waals surface area (Å²) in [5, 5.41) is 2.91. The molecule has 4 N–H and O–H groups in total. The molecule has 0 fully saturated rings. The molecule has 10 heteroatoms. The second-order valence-electron chi connectivity index (χ2n) is 7.08. The molecule has 0 bridgehead atoms. The Morgan fingerprint density at radius 1 is 0.818 bits per heavy atom. The number of carbonyl (C=O) groups is 2. The molecule has 0 atom stereocenters. The second kappa shape index (κ2) is 10.5. The number of methoxy groups -OCH3 is 1. The highest BCUT2D eigenvalue weighted by atomic mass is 32.2. The Hall–Kier alpha value is -4.05. The van der Waals surface area contributed by atoms with Gasteiger partial charge in [-0.05, 0) is 67.6 Å². The number of anilines is 2. The summed E-state index contributed by atoms with van der Waals surface area (Å²) in [6.45, 7) is 1.84. The van der Waals surface area contributed by atoms with Crippen LogP contribution in [0.1, 0.15) is 15.9 Å². The number of hydrogen-bond donors (Lipinski definition) is 4. The summed E-state index contributed by atoms with van der Waals surface area (Å²) in [5.74, 6) is -0.342. The molecule has 0 aromatic heterocycles. The van der Waals surface area contributed by atoms with Crippen molar-refractivity contribution < 1.29 is 22.7 Å². The summed E-state index contributed by atoms with van der Waals surface area (Å²) < 4.78 is 32.6. The number of nitrogens with one attached hydrogen (secondary N) is 4. The maximum atomic E-state index is 12.5. The average Bonchev–Trinajstić information content (AvgIpc) is 2.83. The van der Waals surface area contributed by atoms with Gasteiger partial charge in [0.25, 0.3) is 21.8 Å². The lowest BCUT2D eigenvalue weighted by Gasteiger charge is -2.11. The first kappa shape index (κ1) is 23.6. The number of ether oxygens (including phenoxy) is 1. The molecule has 9 nitrogen and oxygen atoms in total. The summed E-state index contributed by atoms with van der Waals surface area (Å²) in [4.78, 5) is 24.2. The maximum Gasteiger partial charge on any atom is 0.269 e. The van der Waals surface area contributed by atoms with Crippen molar-refractivity contribution in [2.24, 2.45) is 0 Å². The average molecular weight is 469 g/mol. The standard InChI is InChI=1S/C23H24N4O5S/c1-16-3-7-19(8-4-16)27-33(30,31)21-13-5-17(6-14-21)23(29)26-25-22(28)15-24-18-9-11-20(32-2)12-10-18/h3-14,24,27H,15H2,1-2H3,(H,25,28)(H,26,29). The van der Waals surface area contributed by atoms with Crippen molar-refractivity contribution >= 4 is 33.2 Å². The van der Waals surface area contributed by atoms with E-state index in [0.29, 0.717) is 17.1 Å². The van der Waals surface area contributed by atoms with E-state index >= 15 is 0 Å². The highest BCUT2D eigenvalue weighted by Gasteiger charge is 2.15. The fraction of sp³-hybridized carbons (Fsp3) is 0.130. The van der Waals surface area contributed by atoms with Crippen LogP contribution < -0.4 is 25.6 Å². The molecule has 0 spiro atoms. The van der Waals surface area contributed by atoms with E-state index < -0.39 is 21.8 Å². The van der Waals surface area contributed by atoms with Crippen molar-refractivity contribution in [2.45, 2.75) is 11.8 Å². The lowest BCUT2D eigenvalue weighted by molar-refractivity contribution is -0.120. The predicted molar refractivity (Wildman–Crippen MR) is 126 cm³/mol. The molecule has 172 valence electrons. The Balaban J connectivity index is 1.50. The van der Waals surface area contributed by atoms with Gasteiger partial charge in [-0.1, -0.05) is 17.7 Å². The Morgan fingerprint density at radius 3 is 2.03 bits per heavy atom. The number of benzene rings is 3. The van der Waals surface area contributed by atoms with Crippen LogP contribution in [0.4, 0.5) is 11.4 Å². The van der Waals surface area contributed by atoms with E-state index in [0.717, 1.165) is 5.56 Å². The fourth-order valence-corrected chi connectivity index (χ4v) is 3.81. The van der Waals surface area contributed by atoms with Crippen LogP contribution in [-0.2, 0) is 14.8 Å². The van der Waals surface area contributed by atoms with Gasteiger partial charge in [-0.3, -0.25) is 25.2 Å². The van der Waals surface area contributed by atoms with E-state index in [9.17, 15) is 18.0 Å². The number of aryl methyl sites for hydroxylation is 1. The molecule has 3 rings (SSSR count). The van der Waals surface area contributed by atoms with Crippen LogP contribution in [-0.4, -0.2) is 33.9 Å². The molecule has 0 heterocycles. The van der Waals surface area contributed by atoms with Gasteiger partial charge in [0.1, 0.15) is 5.75 Å². The number of hydrogen-bond acceptors (Lipinski definition) is 6. The van der Waals surface area contributed by atoms with Crippen molar-refractivity contribution in [1.82, 2.24) is 10.9 Å². The van der Waals surface area contributed by atoms with Gasteiger partial charge >= 0.3 is 0 Å². The van der Waals surface area contributed by atoms with Crippen LogP contribution in [0, 0.1) is 6.92 Å². The minimum absolute atomic E-state index is 0.00681. The van der Waals surface area contributed by atoms with Gasteiger partial charge in [0.2, 0.25) is 0 Å². The van der Waals surface area contributed by atoms with Crippen LogP contribution in [0.25, 0.3) is 0 Å². The third kappa shape index (κ3) is 6.71. The smallest absolute Gasteiger partial charge is 0.269 e. The molecule has 0 aliphatic carbocycles. The molecule has 0 aliphatic heterocycles. The highest BCUT2D eigenvalue weighted by Crippen LogP contribution is 2.17. The lowest BCUT2D eigenvalue weighted by atomic mass is 10.2. The monoisotopic (exact) mass is 468 g/mol. The molecule has 0 radical (unpaired) electrons. The number of sulfonamides is 1. The first-order valence-corrected chi connectivity index (χ1v) is 11.4. The third-order valence-corrected chi connectivity index (χ3v) is 5.99. The zero-order valence-corrected chi connectivity index (χ0v) is 18.9. The van der Waals surface area contributed by atoms with E-state index in [4.69, 9.17) is 4.74 Å². The minimum Gasteiger partial charge on any atom is -0.497 e. The van der Waals surface area contributed by atoms with E-state index in [1.54, 1.807) is 55.6 Å². The van der Waals surface area contributed by atoms with E-state index in [-0.39, 0.29) is 17.0 Å². The van der Waals surface area contributed by atoms with Crippen molar-refractivity contribution in [3.8, 4) is 5.75 Å². The van der Waals surface area contributed by atoms with Crippen molar-refractivity contribution in [3.05, 3.63) is 83.9 Å². The highest BCUT2D eigenvalue weighted by molar-refractivity contribution is 7.92. The molecule has 0 saturated heterocycles. The van der Waals surface area contributed by atoms with Crippen LogP contribution in [0.2, 0.25) is 0 Å². The topological polar surface area (TPSA) is 126 Å². The fourth-order valence-electron chi connectivity index (χ4n) is 2.76. The van der Waals surface area contributed by atoms with E-state index in [1.807, 2.05) is 6.92 Å². The van der Waals surface area contributed by atoms with Gasteiger partial charge in [-0.25, -0.2) is 8.42 Å². The van der Waals surface area contributed by atoms with Gasteiger partial charge in [0.05, 0.1) is 18.6 Å². The number of carbonyl (C=O) groups excluding carboxylic acids is 2. The van der Waals surface area contributed by atoms with Crippen molar-refractivity contribution in [1.29, 1.82) is 0 Å². The molecule has 0 aliphatic rings. The van der Waals surface area contributed by atoms with Gasteiger partial charge < -0.3 is 10.1 Å². The van der Waals surface area contributed by atoms with Gasteiger partial charge in [0.15, 0.2) is 0 Å². The summed E-state index contributed by atoms with van der Waals surface area (Å²) in [7, 11) is -2.24. The quantitative estimate of drug-likeness (QED) is 0.377. The summed E-state index contributed by atoms with van der Waals surface area (Å²) >= 11 is 0. The Labute approximate surface area is 192 Å². The predicted octanol–water partition coefficient (Wildman–Crippen LogP) is 2.68. The molecule has 0 saturated carbocycles. The van der Waals surface area contributed by atoms with Crippen LogP contribution in [0.3, 0.4) is 0 Å². The van der Waals surface area contributed by atoms with Crippen LogP contribution in [0.5, 0.6) is 5.75 Å². The largest absolute Gasteiger partial charge is 0.497 e. The SMILES string of the molecule is COc1ccc(NCC(=O)NNC(=O)c2ccc(S(=O)(=O)Nc3ccc(C)cc3)cc2)cc1. The van der Waals surface area contributed by atoms with Crippen molar-refractivity contribution in [3.63, 3.8) is 0 Å². The van der Waals surface area contributed by atoms with Crippen LogP contribution in [0.15, 0.2) is 77.7 Å². The molecule has 0 unspecified atom stereocenters. The Kier molecular flexibility index (Phi) is 7.52. The van der Waals surface area contributed by atoms with Gasteiger partial charge in [-0.15, -0.1) is 0 Å². The molecular formula is C23H24N4O5S. The maximum absolute atomic E-state index is 12.5. The normalized spacial score (nSPS) is 10.7. The molecule has 3 aromatic rings. The van der Waals surface area contributed by atoms with Crippen molar-refractivity contribution in [2.75, 3.05) is 23.7 Å². The minimum atomic E-state index is -3.80. The summed E-state index contributed by atoms with van der Waals surface area (Å²) in [5.41, 5.74) is 6.95. The van der Waals surface area contributed by atoms with Crippen LogP contribution >= 0.6 is 0 Å². The van der Waals surface area contributed by atoms with E-state index in [2.05, 4.69) is 20.9 Å². The number of amides is 2. The third-order valence-electron chi connectivity index (χ3n) is 4.59. The zero-order valence-electron chi connectivity index (χ0n) is 18.1. The Bertz CT molecular complexity index is 1210. The van der Waals surface area contributed by atoms with E-state index in [1.165, 1.54) is 24.3 Å². The summed E-state index contributed by atoms with van der Waals surface area (Å²) in [6.07, 6.45) is 0. The number of rotatable bonds is 8.